The molecule has 0 aromatic heterocycles. The monoisotopic (exact) mass is 545 g/mol. The summed E-state index contributed by atoms with van der Waals surface area (Å²) in [6.45, 7) is 9.78. The third-order valence-corrected chi connectivity index (χ3v) is 7.59. The number of nitrogens with one attached hydrogen (secondary N) is 2. The molecular weight excluding hydrogens is 498 g/mol. The molecule has 1 aromatic rings. The molecule has 1 heterocycles. The average molecular weight is 546 g/mol. The Kier molecular flexibility index (Phi) is 11.3. The Bertz CT molecular complexity index is 950. The molecule has 3 amide bonds. The van der Waals surface area contributed by atoms with Gasteiger partial charge in [-0.15, -0.1) is 0 Å². The fourth-order valence-electron chi connectivity index (χ4n) is 5.40. The number of piperidine rings is 1. The van der Waals surface area contributed by atoms with E-state index in [4.69, 9.17) is 10.5 Å². The number of alkyl carbamates (subject to hydrolysis) is 1. The molecule has 2 aliphatic rings. The van der Waals surface area contributed by atoms with Gasteiger partial charge < -0.3 is 30.7 Å². The van der Waals surface area contributed by atoms with E-state index in [9.17, 15) is 14.4 Å². The van der Waals surface area contributed by atoms with Crippen molar-refractivity contribution in [2.24, 2.45) is 17.6 Å². The number of anilines is 2. The number of methoxy groups -OCH3 is 1. The first kappa shape index (κ1) is 30.5. The van der Waals surface area contributed by atoms with Crippen LogP contribution in [0.4, 0.5) is 21.0 Å². The van der Waals surface area contributed by atoms with E-state index in [1.54, 1.807) is 0 Å². The minimum Gasteiger partial charge on any atom is -0.469 e. The zero-order chi connectivity index (χ0) is 28.4. The highest BCUT2D eigenvalue weighted by Crippen LogP contribution is 2.28. The summed E-state index contributed by atoms with van der Waals surface area (Å²) in [6, 6.07) is 7.40. The molecule has 2 fully saturated rings. The normalized spacial score (nSPS) is 20.3. The van der Waals surface area contributed by atoms with Crippen molar-refractivity contribution < 1.29 is 23.9 Å². The smallest absolute Gasteiger partial charge is 0.407 e. The number of benzene rings is 1. The van der Waals surface area contributed by atoms with Gasteiger partial charge in [-0.1, -0.05) is 6.07 Å². The van der Waals surface area contributed by atoms with Crippen LogP contribution in [0.5, 0.6) is 0 Å². The molecule has 1 aromatic carbocycles. The van der Waals surface area contributed by atoms with E-state index in [-0.39, 0.29) is 31.1 Å². The minimum absolute atomic E-state index is 0.0898. The maximum absolute atomic E-state index is 12.0. The van der Waals surface area contributed by atoms with Gasteiger partial charge in [0, 0.05) is 37.1 Å². The zero-order valence-corrected chi connectivity index (χ0v) is 24.0. The highest BCUT2D eigenvalue weighted by Gasteiger charge is 2.26. The number of carbonyl (C=O) groups is 3. The van der Waals surface area contributed by atoms with Crippen molar-refractivity contribution in [1.29, 1.82) is 0 Å². The van der Waals surface area contributed by atoms with Crippen LogP contribution in [0.25, 0.3) is 0 Å². The maximum Gasteiger partial charge on any atom is 0.407 e. The molecule has 1 saturated carbocycles. The molecule has 0 atom stereocenters. The Morgan fingerprint density at radius 2 is 1.67 bits per heavy atom. The zero-order valence-electron chi connectivity index (χ0n) is 24.0. The second-order valence-electron chi connectivity index (χ2n) is 11.8. The van der Waals surface area contributed by atoms with Crippen molar-refractivity contribution in [1.82, 2.24) is 10.6 Å². The van der Waals surface area contributed by atoms with Crippen LogP contribution in [-0.2, 0) is 14.3 Å². The summed E-state index contributed by atoms with van der Waals surface area (Å²) in [5.41, 5.74) is 6.85. The molecule has 3 rings (SSSR count). The van der Waals surface area contributed by atoms with Gasteiger partial charge in [-0.05, 0) is 102 Å². The third-order valence-electron chi connectivity index (χ3n) is 7.59. The molecule has 10 nitrogen and oxygen atoms in total. The standard InChI is InChI=1S/C29H47N5O5/c1-29(2,3)39-28(37)32-23-10-8-21(9-11-23)19-31-20-22-12-15-33(16-13-22)24-6-5-7-25(18-24)34(27(30)36)17-14-26(35)38-4/h5-7,18,21-23,31H,8-17,19-20H2,1-4H3,(H2,30,36)(H,32,37). The summed E-state index contributed by atoms with van der Waals surface area (Å²) in [7, 11) is 1.33. The van der Waals surface area contributed by atoms with E-state index in [0.717, 1.165) is 70.4 Å². The van der Waals surface area contributed by atoms with E-state index in [0.29, 0.717) is 17.5 Å². The molecule has 10 heteroatoms. The Morgan fingerprint density at radius 3 is 2.26 bits per heavy atom. The van der Waals surface area contributed by atoms with Gasteiger partial charge in [-0.25, -0.2) is 9.59 Å². The Labute approximate surface area is 232 Å². The van der Waals surface area contributed by atoms with E-state index in [1.165, 1.54) is 12.0 Å². The third kappa shape index (κ3) is 10.2. The Balaban J connectivity index is 1.37. The lowest BCUT2D eigenvalue weighted by Crippen LogP contribution is -2.42. The first-order valence-corrected chi connectivity index (χ1v) is 14.2. The molecule has 0 spiro atoms. The fourth-order valence-corrected chi connectivity index (χ4v) is 5.40. The average Bonchev–Trinajstić information content (AvgIpc) is 2.89. The number of hydrogen-bond donors (Lipinski definition) is 3. The first-order chi connectivity index (χ1) is 18.5. The number of primary amides is 1. The number of esters is 1. The Morgan fingerprint density at radius 1 is 1.03 bits per heavy atom. The molecule has 1 aliphatic carbocycles. The van der Waals surface area contributed by atoms with Gasteiger partial charge in [0.05, 0.1) is 13.5 Å². The lowest BCUT2D eigenvalue weighted by molar-refractivity contribution is -0.140. The molecule has 0 bridgehead atoms. The van der Waals surface area contributed by atoms with Crippen molar-refractivity contribution in [2.45, 2.75) is 77.4 Å². The van der Waals surface area contributed by atoms with Gasteiger partial charge in [0.2, 0.25) is 0 Å². The molecule has 1 saturated heterocycles. The molecule has 4 N–H and O–H groups in total. The Hall–Kier alpha value is -3.01. The van der Waals surface area contributed by atoms with Crippen molar-refractivity contribution in [3.05, 3.63) is 24.3 Å². The SMILES string of the molecule is COC(=O)CCN(C(N)=O)c1cccc(N2CCC(CNCC3CCC(NC(=O)OC(C)(C)C)CC3)CC2)c1. The number of amides is 3. The predicted octanol–water partition coefficient (Wildman–Crippen LogP) is 4.02. The first-order valence-electron chi connectivity index (χ1n) is 14.2. The van der Waals surface area contributed by atoms with Gasteiger partial charge >= 0.3 is 18.1 Å². The van der Waals surface area contributed by atoms with Crippen LogP contribution in [0.2, 0.25) is 0 Å². The lowest BCUT2D eigenvalue weighted by Gasteiger charge is -2.35. The van der Waals surface area contributed by atoms with Crippen molar-refractivity contribution >= 4 is 29.5 Å². The highest BCUT2D eigenvalue weighted by molar-refractivity contribution is 5.91. The van der Waals surface area contributed by atoms with Gasteiger partial charge in [-0.2, -0.15) is 0 Å². The van der Waals surface area contributed by atoms with Crippen LogP contribution in [0.15, 0.2) is 24.3 Å². The fraction of sp³-hybridized carbons (Fsp3) is 0.690. The topological polar surface area (TPSA) is 126 Å². The summed E-state index contributed by atoms with van der Waals surface area (Å²) in [6.07, 6.45) is 6.21. The number of carbonyl (C=O) groups excluding carboxylic acids is 3. The summed E-state index contributed by atoms with van der Waals surface area (Å²) < 4.78 is 10.1. The maximum atomic E-state index is 12.0. The molecule has 1 aliphatic heterocycles. The van der Waals surface area contributed by atoms with E-state index in [1.807, 2.05) is 39.0 Å². The van der Waals surface area contributed by atoms with E-state index >= 15 is 0 Å². The number of urea groups is 1. The second-order valence-corrected chi connectivity index (χ2v) is 11.8. The number of ether oxygens (including phenoxy) is 2. The van der Waals surface area contributed by atoms with Crippen molar-refractivity contribution in [2.75, 3.05) is 49.6 Å². The number of nitrogens with zero attached hydrogens (tertiary/aromatic N) is 2. The molecule has 0 radical (unpaired) electrons. The minimum atomic E-state index is -0.589. The molecule has 39 heavy (non-hydrogen) atoms. The van der Waals surface area contributed by atoms with Gasteiger partial charge in [0.15, 0.2) is 0 Å². The summed E-state index contributed by atoms with van der Waals surface area (Å²) in [4.78, 5) is 39.3. The van der Waals surface area contributed by atoms with Crippen LogP contribution in [0.3, 0.4) is 0 Å². The van der Waals surface area contributed by atoms with Crippen molar-refractivity contribution in [3.63, 3.8) is 0 Å². The number of rotatable bonds is 10. The molecular formula is C29H47N5O5. The van der Waals surface area contributed by atoms with E-state index < -0.39 is 11.6 Å². The van der Waals surface area contributed by atoms with Crippen LogP contribution in [0.1, 0.15) is 65.7 Å². The molecule has 218 valence electrons. The van der Waals surface area contributed by atoms with Gasteiger partial charge in [-0.3, -0.25) is 9.69 Å². The van der Waals surface area contributed by atoms with Crippen LogP contribution >= 0.6 is 0 Å². The highest BCUT2D eigenvalue weighted by atomic mass is 16.6. The summed E-state index contributed by atoms with van der Waals surface area (Å²) >= 11 is 0. The summed E-state index contributed by atoms with van der Waals surface area (Å²) in [5.74, 6) is 0.907. The quantitative estimate of drug-likeness (QED) is 0.379. The number of nitrogens with two attached hydrogens (primary N) is 1. The van der Waals surface area contributed by atoms with Crippen molar-refractivity contribution in [3.8, 4) is 0 Å². The van der Waals surface area contributed by atoms with Gasteiger partial charge in [0.1, 0.15) is 5.60 Å². The van der Waals surface area contributed by atoms with E-state index in [2.05, 4.69) is 26.3 Å². The lowest BCUT2D eigenvalue weighted by atomic mass is 9.86. The van der Waals surface area contributed by atoms with Crippen LogP contribution in [-0.4, -0.2) is 69.6 Å². The van der Waals surface area contributed by atoms with Gasteiger partial charge in [0.25, 0.3) is 0 Å². The van der Waals surface area contributed by atoms with Crippen LogP contribution < -0.4 is 26.2 Å². The van der Waals surface area contributed by atoms with Crippen LogP contribution in [0, 0.1) is 11.8 Å². The number of hydrogen-bond acceptors (Lipinski definition) is 7. The largest absolute Gasteiger partial charge is 0.469 e. The molecule has 0 unspecified atom stereocenters. The summed E-state index contributed by atoms with van der Waals surface area (Å²) in [5, 5.41) is 6.72. The predicted molar refractivity (Wildman–Crippen MR) is 153 cm³/mol. The second kappa shape index (κ2) is 14.4.